The molecule has 0 fully saturated rings. The third kappa shape index (κ3) is 3.91. The highest BCUT2D eigenvalue weighted by atomic mass is 32.1. The van der Waals surface area contributed by atoms with E-state index >= 15 is 0 Å². The standard InChI is InChI=1S/C18H19FN4O2S/c1-12-16(17(24)21-7-4-9-23-10-8-20-11-23)26-18(22-12)15-13(19)5-3-6-14(15)25-2/h3,5-6,8,10-11H,4,7,9H2,1-2H3,(H,21,24). The van der Waals surface area contributed by atoms with Gasteiger partial charge in [0, 0.05) is 25.5 Å². The first-order valence-electron chi connectivity index (χ1n) is 8.14. The zero-order valence-electron chi connectivity index (χ0n) is 14.5. The first-order chi connectivity index (χ1) is 12.6. The average molecular weight is 374 g/mol. The van der Waals surface area contributed by atoms with Crippen LogP contribution in [0.15, 0.2) is 36.9 Å². The third-order valence-corrected chi connectivity index (χ3v) is 5.02. The van der Waals surface area contributed by atoms with Crippen LogP contribution in [-0.2, 0) is 6.54 Å². The first-order valence-corrected chi connectivity index (χ1v) is 8.96. The Kier molecular flexibility index (Phi) is 5.62. The summed E-state index contributed by atoms with van der Waals surface area (Å²) in [6, 6.07) is 4.60. The van der Waals surface area contributed by atoms with Crippen LogP contribution >= 0.6 is 11.3 Å². The highest BCUT2D eigenvalue weighted by Crippen LogP contribution is 2.36. The number of halogens is 1. The lowest BCUT2D eigenvalue weighted by atomic mass is 10.2. The average Bonchev–Trinajstić information content (AvgIpc) is 3.27. The van der Waals surface area contributed by atoms with Crippen LogP contribution < -0.4 is 10.1 Å². The van der Waals surface area contributed by atoms with E-state index in [1.807, 2.05) is 10.8 Å². The Bertz CT molecular complexity index is 893. The molecule has 0 unspecified atom stereocenters. The Labute approximate surface area is 154 Å². The number of aryl methyl sites for hydroxylation is 2. The molecule has 26 heavy (non-hydrogen) atoms. The quantitative estimate of drug-likeness (QED) is 0.645. The topological polar surface area (TPSA) is 69.0 Å². The van der Waals surface area contributed by atoms with Crippen LogP contribution in [0.4, 0.5) is 4.39 Å². The van der Waals surface area contributed by atoms with Crippen molar-refractivity contribution < 1.29 is 13.9 Å². The smallest absolute Gasteiger partial charge is 0.263 e. The van der Waals surface area contributed by atoms with Crippen molar-refractivity contribution in [3.8, 4) is 16.3 Å². The number of methoxy groups -OCH3 is 1. The van der Waals surface area contributed by atoms with Crippen molar-refractivity contribution in [1.29, 1.82) is 0 Å². The molecule has 1 amide bonds. The molecular formula is C18H19FN4O2S. The van der Waals surface area contributed by atoms with E-state index in [0.29, 0.717) is 27.9 Å². The number of amides is 1. The zero-order valence-corrected chi connectivity index (χ0v) is 15.3. The molecule has 0 radical (unpaired) electrons. The summed E-state index contributed by atoms with van der Waals surface area (Å²) >= 11 is 1.16. The number of carbonyl (C=O) groups excluding carboxylic acids is 1. The van der Waals surface area contributed by atoms with E-state index in [0.717, 1.165) is 24.3 Å². The second-order valence-corrected chi connectivity index (χ2v) is 6.66. The van der Waals surface area contributed by atoms with Gasteiger partial charge in [0.15, 0.2) is 0 Å². The van der Waals surface area contributed by atoms with Crippen LogP contribution in [0.1, 0.15) is 21.8 Å². The van der Waals surface area contributed by atoms with Gasteiger partial charge in [-0.25, -0.2) is 14.4 Å². The second kappa shape index (κ2) is 8.09. The molecule has 0 aliphatic heterocycles. The Hall–Kier alpha value is -2.74. The van der Waals surface area contributed by atoms with Gasteiger partial charge in [0.25, 0.3) is 5.91 Å². The second-order valence-electron chi connectivity index (χ2n) is 5.66. The van der Waals surface area contributed by atoms with Crippen molar-refractivity contribution in [2.75, 3.05) is 13.7 Å². The number of carbonyl (C=O) groups is 1. The molecule has 1 N–H and O–H groups in total. The molecule has 3 rings (SSSR count). The fraction of sp³-hybridized carbons (Fsp3) is 0.278. The van der Waals surface area contributed by atoms with E-state index in [-0.39, 0.29) is 11.5 Å². The van der Waals surface area contributed by atoms with Crippen molar-refractivity contribution in [3.63, 3.8) is 0 Å². The lowest BCUT2D eigenvalue weighted by Crippen LogP contribution is -2.25. The molecule has 0 bridgehead atoms. The van der Waals surface area contributed by atoms with Gasteiger partial charge in [0.05, 0.1) is 24.7 Å². The largest absolute Gasteiger partial charge is 0.496 e. The van der Waals surface area contributed by atoms with Gasteiger partial charge in [-0.15, -0.1) is 11.3 Å². The number of aromatic nitrogens is 3. The van der Waals surface area contributed by atoms with Gasteiger partial charge < -0.3 is 14.6 Å². The summed E-state index contributed by atoms with van der Waals surface area (Å²) in [4.78, 5) is 21.2. The minimum absolute atomic E-state index is 0.202. The Morgan fingerprint density at radius 3 is 3.00 bits per heavy atom. The molecule has 0 spiro atoms. The van der Waals surface area contributed by atoms with Crippen LogP contribution in [-0.4, -0.2) is 34.1 Å². The molecule has 6 nitrogen and oxygen atoms in total. The Morgan fingerprint density at radius 2 is 2.27 bits per heavy atom. The van der Waals surface area contributed by atoms with Crippen molar-refractivity contribution in [2.24, 2.45) is 0 Å². The summed E-state index contributed by atoms with van der Waals surface area (Å²) in [6.45, 7) is 3.06. The molecule has 3 aromatic rings. The van der Waals surface area contributed by atoms with Gasteiger partial charge in [0.1, 0.15) is 21.5 Å². The lowest BCUT2D eigenvalue weighted by molar-refractivity contribution is 0.0956. The highest BCUT2D eigenvalue weighted by Gasteiger charge is 2.20. The fourth-order valence-electron chi connectivity index (χ4n) is 2.56. The molecule has 0 saturated heterocycles. The summed E-state index contributed by atoms with van der Waals surface area (Å²) in [6.07, 6.45) is 6.12. The predicted octanol–water partition coefficient (Wildman–Crippen LogP) is 3.28. The number of nitrogens with zero attached hydrogens (tertiary/aromatic N) is 3. The number of hydrogen-bond donors (Lipinski definition) is 1. The number of imidazole rings is 1. The number of benzene rings is 1. The van der Waals surface area contributed by atoms with Gasteiger partial charge in [-0.3, -0.25) is 4.79 Å². The Balaban J connectivity index is 1.69. The van der Waals surface area contributed by atoms with E-state index in [9.17, 15) is 9.18 Å². The minimum Gasteiger partial charge on any atom is -0.496 e. The van der Waals surface area contributed by atoms with Crippen LogP contribution in [0.5, 0.6) is 5.75 Å². The SMILES string of the molecule is COc1cccc(F)c1-c1nc(C)c(C(=O)NCCCn2ccnc2)s1. The van der Waals surface area contributed by atoms with Gasteiger partial charge in [-0.2, -0.15) is 0 Å². The number of ether oxygens (including phenoxy) is 1. The van der Waals surface area contributed by atoms with Gasteiger partial charge >= 0.3 is 0 Å². The van der Waals surface area contributed by atoms with E-state index in [1.165, 1.54) is 13.2 Å². The van der Waals surface area contributed by atoms with E-state index in [2.05, 4.69) is 15.3 Å². The van der Waals surface area contributed by atoms with Crippen molar-refractivity contribution in [1.82, 2.24) is 19.9 Å². The molecule has 0 saturated carbocycles. The van der Waals surface area contributed by atoms with Crippen LogP contribution in [0, 0.1) is 12.7 Å². The van der Waals surface area contributed by atoms with E-state index in [4.69, 9.17) is 4.74 Å². The maximum absolute atomic E-state index is 14.2. The molecule has 1 aromatic carbocycles. The number of nitrogens with one attached hydrogen (secondary N) is 1. The van der Waals surface area contributed by atoms with Gasteiger partial charge in [-0.05, 0) is 25.5 Å². The summed E-state index contributed by atoms with van der Waals surface area (Å²) < 4.78 is 21.4. The fourth-order valence-corrected chi connectivity index (χ4v) is 3.59. The molecule has 8 heteroatoms. The summed E-state index contributed by atoms with van der Waals surface area (Å²) in [5.74, 6) is -0.233. The monoisotopic (exact) mass is 374 g/mol. The summed E-state index contributed by atoms with van der Waals surface area (Å²) in [5, 5.41) is 3.31. The zero-order chi connectivity index (χ0) is 18.5. The van der Waals surface area contributed by atoms with Gasteiger partial charge in [0.2, 0.25) is 0 Å². The molecule has 2 aromatic heterocycles. The highest BCUT2D eigenvalue weighted by molar-refractivity contribution is 7.17. The normalized spacial score (nSPS) is 10.7. The molecular weight excluding hydrogens is 355 g/mol. The minimum atomic E-state index is -0.426. The van der Waals surface area contributed by atoms with Crippen molar-refractivity contribution in [3.05, 3.63) is 53.3 Å². The van der Waals surface area contributed by atoms with Crippen LogP contribution in [0.3, 0.4) is 0 Å². The summed E-state index contributed by atoms with van der Waals surface area (Å²) in [7, 11) is 1.48. The molecule has 2 heterocycles. The maximum Gasteiger partial charge on any atom is 0.263 e. The number of rotatable bonds is 7. The number of hydrogen-bond acceptors (Lipinski definition) is 5. The van der Waals surface area contributed by atoms with Crippen LogP contribution in [0.2, 0.25) is 0 Å². The maximum atomic E-state index is 14.2. The molecule has 0 aliphatic rings. The summed E-state index contributed by atoms with van der Waals surface area (Å²) in [5.41, 5.74) is 0.852. The third-order valence-electron chi connectivity index (χ3n) is 3.85. The molecule has 136 valence electrons. The number of thiazole rings is 1. The van der Waals surface area contributed by atoms with Crippen molar-refractivity contribution in [2.45, 2.75) is 19.9 Å². The van der Waals surface area contributed by atoms with E-state index in [1.54, 1.807) is 31.6 Å². The van der Waals surface area contributed by atoms with Crippen LogP contribution in [0.25, 0.3) is 10.6 Å². The predicted molar refractivity (Wildman–Crippen MR) is 98.0 cm³/mol. The molecule has 0 aliphatic carbocycles. The Morgan fingerprint density at radius 1 is 1.42 bits per heavy atom. The van der Waals surface area contributed by atoms with E-state index < -0.39 is 5.82 Å². The van der Waals surface area contributed by atoms with Crippen molar-refractivity contribution >= 4 is 17.2 Å². The lowest BCUT2D eigenvalue weighted by Gasteiger charge is -2.06. The van der Waals surface area contributed by atoms with Gasteiger partial charge in [-0.1, -0.05) is 6.07 Å². The first kappa shape index (κ1) is 18.1. The molecule has 0 atom stereocenters.